The molecule has 0 aromatic heterocycles. The molecule has 128 valence electrons. The van der Waals surface area contributed by atoms with E-state index in [4.69, 9.17) is 14.6 Å². The van der Waals surface area contributed by atoms with Gasteiger partial charge in [-0.05, 0) is 38.1 Å². The summed E-state index contributed by atoms with van der Waals surface area (Å²) in [6.45, 7) is 2.66. The lowest BCUT2D eigenvalue weighted by Crippen LogP contribution is -2.16. The highest BCUT2D eigenvalue weighted by atomic mass is 16.5. The molecule has 0 aliphatic heterocycles. The van der Waals surface area contributed by atoms with Crippen molar-refractivity contribution in [1.29, 1.82) is 0 Å². The van der Waals surface area contributed by atoms with Crippen molar-refractivity contribution in [1.82, 2.24) is 0 Å². The van der Waals surface area contributed by atoms with Crippen LogP contribution in [0.2, 0.25) is 0 Å². The lowest BCUT2D eigenvalue weighted by Gasteiger charge is -2.06. The number of phenolic OH excluding ortho intramolecular Hbond substituents is 1. The number of rotatable bonds is 8. The summed E-state index contributed by atoms with van der Waals surface area (Å²) >= 11 is 0. The van der Waals surface area contributed by atoms with Crippen LogP contribution < -0.4 is 0 Å². The molecule has 8 nitrogen and oxygen atoms in total. The highest BCUT2D eigenvalue weighted by Gasteiger charge is 2.14. The van der Waals surface area contributed by atoms with Gasteiger partial charge in [0.1, 0.15) is 24.6 Å². The summed E-state index contributed by atoms with van der Waals surface area (Å²) in [4.78, 5) is 34.0. The van der Waals surface area contributed by atoms with Crippen LogP contribution in [-0.2, 0) is 23.9 Å². The molecule has 1 aromatic rings. The third kappa shape index (κ3) is 7.30. The molecule has 24 heavy (non-hydrogen) atoms. The number of hydrogen-bond acceptors (Lipinski definition) is 8. The number of aromatic hydroxyl groups is 1. The number of ketones is 1. The smallest absolute Gasteiger partial charge is 0.339 e. The molecule has 0 heterocycles. The highest BCUT2D eigenvalue weighted by molar-refractivity contribution is 5.94. The maximum Gasteiger partial charge on any atom is 0.339 e. The Morgan fingerprint density at radius 2 is 1.83 bits per heavy atom. The van der Waals surface area contributed by atoms with Crippen molar-refractivity contribution in [2.75, 3.05) is 13.2 Å². The van der Waals surface area contributed by atoms with Gasteiger partial charge in [0, 0.05) is 0 Å². The second-order valence-corrected chi connectivity index (χ2v) is 4.65. The monoisotopic (exact) mass is 334 g/mol. The quantitative estimate of drug-likeness (QED) is 0.338. The molecular weight excluding hydrogens is 316 g/mol. The predicted octanol–water partition coefficient (Wildman–Crippen LogP) is 2.45. The molecule has 0 fully saturated rings. The number of azo groups is 1. The van der Waals surface area contributed by atoms with Crippen molar-refractivity contribution in [3.63, 3.8) is 0 Å². The fourth-order valence-corrected chi connectivity index (χ4v) is 1.47. The Bertz CT molecular complexity index is 649. The molecule has 0 aliphatic rings. The molecule has 8 heteroatoms. The number of hydrogen-bond donors (Lipinski definition) is 1. The summed E-state index contributed by atoms with van der Waals surface area (Å²) in [6.07, 6.45) is 0.747. The largest absolute Gasteiger partial charge is 0.508 e. The van der Waals surface area contributed by atoms with E-state index < -0.39 is 11.9 Å². The van der Waals surface area contributed by atoms with E-state index in [0.717, 1.165) is 6.20 Å². The molecule has 0 saturated heterocycles. The van der Waals surface area contributed by atoms with Gasteiger partial charge < -0.3 is 14.6 Å². The van der Waals surface area contributed by atoms with Crippen molar-refractivity contribution in [2.45, 2.75) is 20.3 Å². The van der Waals surface area contributed by atoms with Crippen LogP contribution in [0, 0.1) is 0 Å². The van der Waals surface area contributed by atoms with Gasteiger partial charge in [-0.25, -0.2) is 4.79 Å². The lowest BCUT2D eigenvalue weighted by atomic mass is 10.3. The number of carbonyl (C=O) groups is 3. The van der Waals surface area contributed by atoms with Gasteiger partial charge >= 0.3 is 11.9 Å². The summed E-state index contributed by atoms with van der Waals surface area (Å²) in [5.41, 5.74) is 0.442. The van der Waals surface area contributed by atoms with E-state index in [-0.39, 0.29) is 36.7 Å². The Hall–Kier alpha value is -3.03. The van der Waals surface area contributed by atoms with Crippen LogP contribution >= 0.6 is 0 Å². The summed E-state index contributed by atoms with van der Waals surface area (Å²) in [6, 6.07) is 5.94. The zero-order chi connectivity index (χ0) is 17.9. The third-order valence-corrected chi connectivity index (χ3v) is 2.56. The molecule has 0 spiro atoms. The van der Waals surface area contributed by atoms with Crippen molar-refractivity contribution < 1.29 is 29.0 Å². The Kier molecular flexibility index (Phi) is 7.83. The first-order chi connectivity index (χ1) is 11.4. The van der Waals surface area contributed by atoms with Gasteiger partial charge in [-0.1, -0.05) is 0 Å². The molecule has 0 unspecified atom stereocenters. The second-order valence-electron chi connectivity index (χ2n) is 4.65. The molecule has 1 rings (SSSR count). The van der Waals surface area contributed by atoms with Crippen LogP contribution in [0.5, 0.6) is 5.75 Å². The fourth-order valence-electron chi connectivity index (χ4n) is 1.47. The van der Waals surface area contributed by atoms with Crippen LogP contribution in [0.15, 0.2) is 46.3 Å². The Morgan fingerprint density at radius 1 is 1.17 bits per heavy atom. The number of benzene rings is 1. The minimum absolute atomic E-state index is 0.0173. The van der Waals surface area contributed by atoms with E-state index in [2.05, 4.69) is 10.2 Å². The normalized spacial score (nSPS) is 11.3. The van der Waals surface area contributed by atoms with Crippen LogP contribution in [0.25, 0.3) is 0 Å². The first-order valence-corrected chi connectivity index (χ1v) is 7.13. The predicted molar refractivity (Wildman–Crippen MR) is 83.6 cm³/mol. The van der Waals surface area contributed by atoms with Gasteiger partial charge in [0.05, 0.1) is 24.1 Å². The van der Waals surface area contributed by atoms with E-state index in [1.165, 1.54) is 31.2 Å². The third-order valence-electron chi connectivity index (χ3n) is 2.56. The maximum atomic E-state index is 11.8. The van der Waals surface area contributed by atoms with Crippen LogP contribution in [0.4, 0.5) is 5.69 Å². The average molecular weight is 334 g/mol. The fraction of sp³-hybridized carbons (Fsp3) is 0.312. The number of carbonyl (C=O) groups excluding carboxylic acids is 3. The van der Waals surface area contributed by atoms with Gasteiger partial charge in [0.25, 0.3) is 0 Å². The van der Waals surface area contributed by atoms with Gasteiger partial charge in [-0.3, -0.25) is 9.59 Å². The van der Waals surface area contributed by atoms with Gasteiger partial charge in [-0.2, -0.15) is 10.2 Å². The minimum Gasteiger partial charge on any atom is -0.508 e. The molecule has 0 aliphatic carbocycles. The van der Waals surface area contributed by atoms with E-state index in [1.54, 1.807) is 6.92 Å². The van der Waals surface area contributed by atoms with Gasteiger partial charge in [-0.15, -0.1) is 0 Å². The topological polar surface area (TPSA) is 115 Å². The number of phenols is 1. The number of Topliss-reactive ketones (excluding diaryl/α,β-unsaturated/α-hetero) is 1. The summed E-state index contributed by atoms with van der Waals surface area (Å²) in [5.74, 6) is -1.69. The Morgan fingerprint density at radius 3 is 2.42 bits per heavy atom. The molecule has 0 radical (unpaired) electrons. The molecule has 0 saturated carbocycles. The highest BCUT2D eigenvalue weighted by Crippen LogP contribution is 2.17. The summed E-state index contributed by atoms with van der Waals surface area (Å²) in [5, 5.41) is 16.7. The minimum atomic E-state index is -0.742. The average Bonchev–Trinajstić information content (AvgIpc) is 2.52. The van der Waals surface area contributed by atoms with Crippen molar-refractivity contribution in [2.24, 2.45) is 10.2 Å². The van der Waals surface area contributed by atoms with Crippen LogP contribution in [0.3, 0.4) is 0 Å². The first kappa shape index (κ1) is 19.0. The van der Waals surface area contributed by atoms with Crippen LogP contribution in [0.1, 0.15) is 20.3 Å². The Balaban J connectivity index is 2.76. The van der Waals surface area contributed by atoms with Gasteiger partial charge in [0.2, 0.25) is 0 Å². The van der Waals surface area contributed by atoms with Crippen molar-refractivity contribution in [3.05, 3.63) is 36.0 Å². The second kappa shape index (κ2) is 9.88. The molecule has 1 N–H and O–H groups in total. The molecule has 0 bridgehead atoms. The van der Waals surface area contributed by atoms with E-state index in [0.29, 0.717) is 5.69 Å². The van der Waals surface area contributed by atoms with E-state index >= 15 is 0 Å². The number of ether oxygens (including phenoxy) is 2. The van der Waals surface area contributed by atoms with Crippen molar-refractivity contribution >= 4 is 23.4 Å². The zero-order valence-corrected chi connectivity index (χ0v) is 13.4. The molecule has 0 atom stereocenters. The van der Waals surface area contributed by atoms with E-state index in [9.17, 15) is 14.4 Å². The Labute approximate surface area is 138 Å². The standard InChI is InChI=1S/C16H18N2O6/c1-3-23-16(22)12(10-24-15(21)8-11(2)19)9-17-18-13-4-6-14(20)7-5-13/h4-7,9,20H,3,8,10H2,1-2H3. The maximum absolute atomic E-state index is 11.8. The van der Waals surface area contributed by atoms with Crippen molar-refractivity contribution in [3.8, 4) is 5.75 Å². The van der Waals surface area contributed by atoms with E-state index in [1.807, 2.05) is 0 Å². The zero-order valence-electron chi connectivity index (χ0n) is 13.4. The summed E-state index contributed by atoms with van der Waals surface area (Å²) in [7, 11) is 0. The summed E-state index contributed by atoms with van der Waals surface area (Å²) < 4.78 is 9.67. The molecule has 0 amide bonds. The number of nitrogens with zero attached hydrogens (tertiary/aromatic N) is 2. The molecule has 1 aromatic carbocycles. The van der Waals surface area contributed by atoms with Gasteiger partial charge in [0.15, 0.2) is 0 Å². The first-order valence-electron chi connectivity index (χ1n) is 7.13. The SMILES string of the molecule is CCOC(=O)C(=CN=Nc1ccc(O)cc1)COC(=O)CC(C)=O. The van der Waals surface area contributed by atoms with Crippen LogP contribution in [-0.4, -0.2) is 36.0 Å². The molecular formula is C16H18N2O6. The lowest BCUT2D eigenvalue weighted by molar-refractivity contribution is -0.146. The number of esters is 2.